The van der Waals surface area contributed by atoms with Gasteiger partial charge in [0.15, 0.2) is 0 Å². The summed E-state index contributed by atoms with van der Waals surface area (Å²) < 4.78 is 15.5. The Morgan fingerprint density at radius 2 is 1.18 bits per heavy atom. The highest BCUT2D eigenvalue weighted by Gasteiger charge is 2.31. The lowest BCUT2D eigenvalue weighted by Crippen LogP contribution is -2.15. The molecule has 0 bridgehead atoms. The number of hydrogen-bond acceptors (Lipinski definition) is 7. The van der Waals surface area contributed by atoms with E-state index in [4.69, 9.17) is 14.2 Å². The van der Waals surface area contributed by atoms with Crippen molar-refractivity contribution in [2.24, 2.45) is 0 Å². The quantitative estimate of drug-likeness (QED) is 0.298. The SMILES string of the molecule is CCCCOC(=O)c1[nH]c(C(=O)OCCCC)c(C(=O)OCCCC)c1CO. The minimum Gasteiger partial charge on any atom is -0.462 e. The molecule has 0 unspecified atom stereocenters. The molecule has 2 N–H and O–H groups in total. The highest BCUT2D eigenvalue weighted by atomic mass is 16.5. The van der Waals surface area contributed by atoms with Crippen LogP contribution in [-0.4, -0.2) is 47.8 Å². The number of carbonyl (C=O) groups is 3. The third-order valence-electron chi connectivity index (χ3n) is 4.07. The van der Waals surface area contributed by atoms with E-state index in [1.54, 1.807) is 0 Å². The van der Waals surface area contributed by atoms with Crippen molar-refractivity contribution in [1.29, 1.82) is 0 Å². The maximum Gasteiger partial charge on any atom is 0.355 e. The van der Waals surface area contributed by atoms with Crippen molar-refractivity contribution in [3.63, 3.8) is 0 Å². The summed E-state index contributed by atoms with van der Waals surface area (Å²) in [5.41, 5.74) is -0.541. The summed E-state index contributed by atoms with van der Waals surface area (Å²) in [4.78, 5) is 40.0. The van der Waals surface area contributed by atoms with Gasteiger partial charge in [0.05, 0.1) is 32.0 Å². The summed E-state index contributed by atoms with van der Waals surface area (Å²) in [7, 11) is 0. The molecular formula is C20H31NO7. The minimum absolute atomic E-state index is 0.0227. The van der Waals surface area contributed by atoms with Crippen molar-refractivity contribution >= 4 is 17.9 Å². The number of aromatic amines is 1. The summed E-state index contributed by atoms with van der Waals surface area (Å²) in [6.07, 6.45) is 4.51. The fourth-order valence-electron chi connectivity index (χ4n) is 2.39. The van der Waals surface area contributed by atoms with Crippen LogP contribution in [0.3, 0.4) is 0 Å². The molecule has 0 aromatic carbocycles. The molecule has 0 spiro atoms. The summed E-state index contributed by atoms with van der Waals surface area (Å²) in [5.74, 6) is -2.31. The average Bonchev–Trinajstić information content (AvgIpc) is 3.08. The van der Waals surface area contributed by atoms with Crippen LogP contribution in [0.5, 0.6) is 0 Å². The number of rotatable bonds is 13. The molecule has 0 radical (unpaired) electrons. The molecular weight excluding hydrogens is 366 g/mol. The Bertz CT molecular complexity index is 651. The fourth-order valence-corrected chi connectivity index (χ4v) is 2.39. The van der Waals surface area contributed by atoms with Crippen LogP contribution in [-0.2, 0) is 20.8 Å². The number of nitrogens with one attached hydrogen (secondary N) is 1. The van der Waals surface area contributed by atoms with E-state index in [9.17, 15) is 19.5 Å². The molecule has 0 saturated carbocycles. The van der Waals surface area contributed by atoms with Crippen LogP contribution >= 0.6 is 0 Å². The van der Waals surface area contributed by atoms with Gasteiger partial charge in [0.1, 0.15) is 11.4 Å². The summed E-state index contributed by atoms with van der Waals surface area (Å²) in [6.45, 7) is 5.78. The number of aliphatic hydroxyl groups excluding tert-OH is 1. The molecule has 1 aromatic heterocycles. The van der Waals surface area contributed by atoms with E-state index in [1.165, 1.54) is 0 Å². The number of aliphatic hydroxyl groups is 1. The second kappa shape index (κ2) is 12.9. The smallest absolute Gasteiger partial charge is 0.355 e. The first kappa shape index (κ1) is 23.7. The molecule has 1 heterocycles. The van der Waals surface area contributed by atoms with Gasteiger partial charge in [-0.25, -0.2) is 14.4 Å². The van der Waals surface area contributed by atoms with Gasteiger partial charge in [0.2, 0.25) is 0 Å². The van der Waals surface area contributed by atoms with Crippen LogP contribution in [0.25, 0.3) is 0 Å². The molecule has 0 atom stereocenters. The van der Waals surface area contributed by atoms with Crippen LogP contribution in [0.2, 0.25) is 0 Å². The number of ether oxygens (including phenoxy) is 3. The Balaban J connectivity index is 3.19. The lowest BCUT2D eigenvalue weighted by molar-refractivity contribution is 0.0447. The van der Waals surface area contributed by atoms with Crippen molar-refractivity contribution in [2.45, 2.75) is 65.9 Å². The van der Waals surface area contributed by atoms with Crippen molar-refractivity contribution in [2.75, 3.05) is 19.8 Å². The molecule has 8 nitrogen and oxygen atoms in total. The Morgan fingerprint density at radius 3 is 1.61 bits per heavy atom. The highest BCUT2D eigenvalue weighted by Crippen LogP contribution is 2.23. The van der Waals surface area contributed by atoms with E-state index >= 15 is 0 Å². The summed E-state index contributed by atoms with van der Waals surface area (Å²) >= 11 is 0. The monoisotopic (exact) mass is 397 g/mol. The largest absolute Gasteiger partial charge is 0.462 e. The maximum absolute atomic E-state index is 12.5. The highest BCUT2D eigenvalue weighted by molar-refractivity contribution is 6.06. The van der Waals surface area contributed by atoms with Gasteiger partial charge in [0, 0.05) is 5.56 Å². The van der Waals surface area contributed by atoms with E-state index in [-0.39, 0.29) is 42.3 Å². The van der Waals surface area contributed by atoms with Gasteiger partial charge < -0.3 is 24.3 Å². The van der Waals surface area contributed by atoms with Gasteiger partial charge in [-0.05, 0) is 19.3 Å². The average molecular weight is 397 g/mol. The zero-order chi connectivity index (χ0) is 20.9. The minimum atomic E-state index is -0.788. The number of hydrogen-bond donors (Lipinski definition) is 2. The predicted molar refractivity (Wildman–Crippen MR) is 102 cm³/mol. The Kier molecular flexibility index (Phi) is 10.9. The molecule has 0 aliphatic rings. The van der Waals surface area contributed by atoms with Gasteiger partial charge in [-0.1, -0.05) is 40.0 Å². The number of H-pyrrole nitrogens is 1. The molecule has 28 heavy (non-hydrogen) atoms. The molecule has 0 amide bonds. The molecule has 158 valence electrons. The summed E-state index contributed by atoms with van der Waals surface area (Å²) in [6, 6.07) is 0. The van der Waals surface area contributed by atoms with Crippen LogP contribution in [0.4, 0.5) is 0 Å². The molecule has 8 heteroatoms. The molecule has 0 aliphatic heterocycles. The molecule has 0 saturated heterocycles. The van der Waals surface area contributed by atoms with Crippen molar-refractivity contribution in [3.8, 4) is 0 Å². The van der Waals surface area contributed by atoms with Gasteiger partial charge in [-0.3, -0.25) is 0 Å². The molecule has 1 aromatic rings. The first-order valence-electron chi connectivity index (χ1n) is 9.88. The van der Waals surface area contributed by atoms with Crippen molar-refractivity contribution < 1.29 is 33.7 Å². The lowest BCUT2D eigenvalue weighted by Gasteiger charge is -2.08. The van der Waals surface area contributed by atoms with Gasteiger partial charge >= 0.3 is 17.9 Å². The van der Waals surface area contributed by atoms with Crippen LogP contribution in [0.15, 0.2) is 0 Å². The van der Waals surface area contributed by atoms with Crippen molar-refractivity contribution in [3.05, 3.63) is 22.5 Å². The zero-order valence-corrected chi connectivity index (χ0v) is 17.0. The lowest BCUT2D eigenvalue weighted by atomic mass is 10.1. The van der Waals surface area contributed by atoms with E-state index in [0.717, 1.165) is 19.3 Å². The van der Waals surface area contributed by atoms with E-state index in [1.807, 2.05) is 20.8 Å². The van der Waals surface area contributed by atoms with Crippen LogP contribution in [0.1, 0.15) is 96.2 Å². The number of esters is 3. The third-order valence-corrected chi connectivity index (χ3v) is 4.07. The van der Waals surface area contributed by atoms with Crippen molar-refractivity contribution in [1.82, 2.24) is 4.98 Å². The Labute approximate surface area is 165 Å². The topological polar surface area (TPSA) is 115 Å². The number of carbonyl (C=O) groups excluding carboxylic acids is 3. The fraction of sp³-hybridized carbons (Fsp3) is 0.650. The van der Waals surface area contributed by atoms with Gasteiger partial charge in [0.25, 0.3) is 0 Å². The van der Waals surface area contributed by atoms with E-state index in [0.29, 0.717) is 19.3 Å². The second-order valence-corrected chi connectivity index (χ2v) is 6.36. The Hall–Kier alpha value is -2.35. The van der Waals surface area contributed by atoms with Crippen LogP contribution < -0.4 is 0 Å². The third kappa shape index (κ3) is 6.67. The number of aromatic nitrogens is 1. The standard InChI is InChI=1S/C20H31NO7/c1-4-7-10-26-18(23)15-14(13-22)16(19(24)27-11-8-5-2)21-17(15)20(25)28-12-9-6-3/h21-22H,4-13H2,1-3H3. The first-order chi connectivity index (χ1) is 13.5. The molecule has 0 aliphatic carbocycles. The first-order valence-corrected chi connectivity index (χ1v) is 9.88. The van der Waals surface area contributed by atoms with E-state index in [2.05, 4.69) is 4.98 Å². The number of unbranched alkanes of at least 4 members (excludes halogenated alkanes) is 3. The zero-order valence-electron chi connectivity index (χ0n) is 17.0. The maximum atomic E-state index is 12.5. The molecule has 0 fully saturated rings. The normalized spacial score (nSPS) is 10.6. The van der Waals surface area contributed by atoms with Gasteiger partial charge in [-0.15, -0.1) is 0 Å². The predicted octanol–water partition coefficient (Wildman–Crippen LogP) is 3.38. The Morgan fingerprint density at radius 1 is 0.750 bits per heavy atom. The van der Waals surface area contributed by atoms with Gasteiger partial charge in [-0.2, -0.15) is 0 Å². The van der Waals surface area contributed by atoms with E-state index < -0.39 is 24.5 Å². The molecule has 1 rings (SSSR count). The summed E-state index contributed by atoms with van der Waals surface area (Å²) in [5, 5.41) is 9.76. The van der Waals surface area contributed by atoms with Crippen LogP contribution in [0, 0.1) is 0 Å². The second-order valence-electron chi connectivity index (χ2n) is 6.36.